The fraction of sp³-hybridized carbons (Fsp3) is 0.278. The number of fused-ring (bicyclic) bond motifs is 1. The standard InChI is InChI=1S/C18H17FN4O/c1-12-7-8-13(11-14(12)19)18(24)22-10-4-5-15(22)17-21-20-16-6-2-3-9-23(16)17/h2-3,6-9,11,15H,4-5,10H2,1H3. The van der Waals surface area contributed by atoms with Gasteiger partial charge >= 0.3 is 0 Å². The maximum absolute atomic E-state index is 13.8. The molecule has 0 saturated carbocycles. The fourth-order valence-corrected chi connectivity index (χ4v) is 3.26. The largest absolute Gasteiger partial charge is 0.328 e. The number of nitrogens with zero attached hydrogens (tertiary/aromatic N) is 4. The molecule has 0 aliphatic carbocycles. The van der Waals surface area contributed by atoms with Gasteiger partial charge in [-0.05, 0) is 49.6 Å². The molecule has 4 rings (SSSR count). The molecule has 3 heterocycles. The van der Waals surface area contributed by atoms with E-state index in [1.165, 1.54) is 6.07 Å². The van der Waals surface area contributed by atoms with Gasteiger partial charge in [0.15, 0.2) is 11.5 Å². The zero-order chi connectivity index (χ0) is 16.7. The van der Waals surface area contributed by atoms with E-state index in [4.69, 9.17) is 0 Å². The summed E-state index contributed by atoms with van der Waals surface area (Å²) in [7, 11) is 0. The summed E-state index contributed by atoms with van der Waals surface area (Å²) in [6.07, 6.45) is 3.62. The monoisotopic (exact) mass is 324 g/mol. The number of aryl methyl sites for hydroxylation is 1. The summed E-state index contributed by atoms with van der Waals surface area (Å²) in [4.78, 5) is 14.6. The van der Waals surface area contributed by atoms with Crippen molar-refractivity contribution in [2.45, 2.75) is 25.8 Å². The zero-order valence-corrected chi connectivity index (χ0v) is 13.3. The summed E-state index contributed by atoms with van der Waals surface area (Å²) in [5.41, 5.74) is 1.67. The van der Waals surface area contributed by atoms with E-state index >= 15 is 0 Å². The lowest BCUT2D eigenvalue weighted by molar-refractivity contribution is 0.0728. The maximum Gasteiger partial charge on any atom is 0.254 e. The molecule has 6 heteroatoms. The average molecular weight is 324 g/mol. The Bertz CT molecular complexity index is 920. The SMILES string of the molecule is Cc1ccc(C(=O)N2CCCC2c2nnc3ccccn23)cc1F. The molecule has 1 unspecified atom stereocenters. The Hall–Kier alpha value is -2.76. The second kappa shape index (κ2) is 5.70. The van der Waals surface area contributed by atoms with E-state index in [0.29, 0.717) is 17.7 Å². The maximum atomic E-state index is 13.8. The summed E-state index contributed by atoms with van der Waals surface area (Å²) in [6.45, 7) is 2.32. The van der Waals surface area contributed by atoms with Crippen LogP contribution >= 0.6 is 0 Å². The highest BCUT2D eigenvalue weighted by Gasteiger charge is 2.33. The molecule has 2 aromatic heterocycles. The van der Waals surface area contributed by atoms with Crippen molar-refractivity contribution in [2.24, 2.45) is 0 Å². The number of hydrogen-bond acceptors (Lipinski definition) is 3. The van der Waals surface area contributed by atoms with Crippen LogP contribution in [0.5, 0.6) is 0 Å². The zero-order valence-electron chi connectivity index (χ0n) is 13.3. The van der Waals surface area contributed by atoms with E-state index in [2.05, 4.69) is 10.2 Å². The van der Waals surface area contributed by atoms with Gasteiger partial charge in [-0.15, -0.1) is 10.2 Å². The molecule has 1 fully saturated rings. The number of likely N-dealkylation sites (tertiary alicyclic amines) is 1. The molecule has 3 aromatic rings. The minimum absolute atomic E-state index is 0.140. The van der Waals surface area contributed by atoms with Crippen LogP contribution in [0.3, 0.4) is 0 Å². The van der Waals surface area contributed by atoms with Crippen LogP contribution in [0.2, 0.25) is 0 Å². The van der Waals surface area contributed by atoms with E-state index in [-0.39, 0.29) is 17.8 Å². The first kappa shape index (κ1) is 14.8. The van der Waals surface area contributed by atoms with Gasteiger partial charge < -0.3 is 4.90 Å². The minimum atomic E-state index is -0.357. The average Bonchev–Trinajstić information content (AvgIpc) is 3.22. The van der Waals surface area contributed by atoms with Gasteiger partial charge in [0.2, 0.25) is 0 Å². The van der Waals surface area contributed by atoms with Crippen LogP contribution in [-0.2, 0) is 0 Å². The molecule has 24 heavy (non-hydrogen) atoms. The van der Waals surface area contributed by atoms with Gasteiger partial charge in [0.1, 0.15) is 5.82 Å². The molecule has 1 aliphatic rings. The van der Waals surface area contributed by atoms with Gasteiger partial charge in [-0.25, -0.2) is 4.39 Å². The number of pyridine rings is 1. The number of halogens is 1. The van der Waals surface area contributed by atoms with Crippen LogP contribution in [0.15, 0.2) is 42.6 Å². The van der Waals surface area contributed by atoms with Crippen molar-refractivity contribution < 1.29 is 9.18 Å². The Morgan fingerprint density at radius 1 is 1.25 bits per heavy atom. The highest BCUT2D eigenvalue weighted by molar-refractivity contribution is 5.94. The van der Waals surface area contributed by atoms with Crippen LogP contribution in [0.4, 0.5) is 4.39 Å². The Morgan fingerprint density at radius 2 is 2.12 bits per heavy atom. The number of carbonyl (C=O) groups excluding carboxylic acids is 1. The molecule has 1 saturated heterocycles. The molecule has 1 atom stereocenters. The summed E-state index contributed by atoms with van der Waals surface area (Å²) in [5, 5.41) is 8.45. The summed E-state index contributed by atoms with van der Waals surface area (Å²) in [5.74, 6) is 0.234. The predicted octanol–water partition coefficient (Wildman–Crippen LogP) is 3.15. The highest BCUT2D eigenvalue weighted by Crippen LogP contribution is 2.32. The number of aromatic nitrogens is 3. The molecule has 1 aromatic carbocycles. The second-order valence-corrected chi connectivity index (χ2v) is 6.11. The smallest absolute Gasteiger partial charge is 0.254 e. The van der Waals surface area contributed by atoms with Crippen molar-refractivity contribution in [3.63, 3.8) is 0 Å². The molecule has 1 aliphatic heterocycles. The molecule has 122 valence electrons. The number of rotatable bonds is 2. The summed E-state index contributed by atoms with van der Waals surface area (Å²) in [6, 6.07) is 10.2. The van der Waals surface area contributed by atoms with Gasteiger partial charge in [0.05, 0.1) is 6.04 Å². The van der Waals surface area contributed by atoms with Gasteiger partial charge in [-0.1, -0.05) is 12.1 Å². The molecule has 0 spiro atoms. The third-order valence-corrected chi connectivity index (χ3v) is 4.57. The molecule has 1 amide bonds. The summed E-state index contributed by atoms with van der Waals surface area (Å²) >= 11 is 0. The van der Waals surface area contributed by atoms with Crippen molar-refractivity contribution >= 4 is 11.6 Å². The van der Waals surface area contributed by atoms with E-state index in [9.17, 15) is 9.18 Å². The van der Waals surface area contributed by atoms with Crippen LogP contribution < -0.4 is 0 Å². The van der Waals surface area contributed by atoms with Crippen LogP contribution in [0.25, 0.3) is 5.65 Å². The highest BCUT2D eigenvalue weighted by atomic mass is 19.1. The first-order chi connectivity index (χ1) is 11.6. The van der Waals surface area contributed by atoms with Gasteiger partial charge in [0, 0.05) is 18.3 Å². The third kappa shape index (κ3) is 2.35. The van der Waals surface area contributed by atoms with Crippen molar-refractivity contribution in [3.05, 3.63) is 65.4 Å². The van der Waals surface area contributed by atoms with Crippen LogP contribution in [0, 0.1) is 12.7 Å². The Balaban J connectivity index is 1.69. The molecular weight excluding hydrogens is 307 g/mol. The number of hydrogen-bond donors (Lipinski definition) is 0. The first-order valence-electron chi connectivity index (χ1n) is 8.02. The second-order valence-electron chi connectivity index (χ2n) is 6.11. The Kier molecular flexibility index (Phi) is 3.52. The van der Waals surface area contributed by atoms with Crippen LogP contribution in [0.1, 0.15) is 40.6 Å². The lowest BCUT2D eigenvalue weighted by Crippen LogP contribution is -2.31. The normalized spacial score (nSPS) is 17.6. The topological polar surface area (TPSA) is 50.5 Å². The molecular formula is C18H17FN4O. The van der Waals surface area contributed by atoms with Crippen molar-refractivity contribution in [1.29, 1.82) is 0 Å². The number of benzene rings is 1. The van der Waals surface area contributed by atoms with E-state index in [1.54, 1.807) is 24.0 Å². The fourth-order valence-electron chi connectivity index (χ4n) is 3.26. The van der Waals surface area contributed by atoms with Gasteiger partial charge in [-0.3, -0.25) is 9.20 Å². The third-order valence-electron chi connectivity index (χ3n) is 4.57. The predicted molar refractivity (Wildman–Crippen MR) is 87.1 cm³/mol. The number of amides is 1. The van der Waals surface area contributed by atoms with Crippen molar-refractivity contribution in [1.82, 2.24) is 19.5 Å². The Morgan fingerprint density at radius 3 is 2.96 bits per heavy atom. The first-order valence-corrected chi connectivity index (χ1v) is 8.02. The van der Waals surface area contributed by atoms with E-state index < -0.39 is 0 Å². The van der Waals surface area contributed by atoms with Crippen LogP contribution in [-0.4, -0.2) is 31.9 Å². The Labute approximate surface area is 138 Å². The quantitative estimate of drug-likeness (QED) is 0.727. The molecule has 5 nitrogen and oxygen atoms in total. The molecule has 0 N–H and O–H groups in total. The lowest BCUT2D eigenvalue weighted by Gasteiger charge is -2.23. The summed E-state index contributed by atoms with van der Waals surface area (Å²) < 4.78 is 15.7. The van der Waals surface area contributed by atoms with Crippen molar-refractivity contribution in [2.75, 3.05) is 6.54 Å². The van der Waals surface area contributed by atoms with Gasteiger partial charge in [0.25, 0.3) is 5.91 Å². The van der Waals surface area contributed by atoms with E-state index in [0.717, 1.165) is 24.3 Å². The number of carbonyl (C=O) groups is 1. The lowest BCUT2D eigenvalue weighted by atomic mass is 10.1. The molecule has 0 radical (unpaired) electrons. The minimum Gasteiger partial charge on any atom is -0.328 e. The molecule has 0 bridgehead atoms. The van der Waals surface area contributed by atoms with Crippen molar-refractivity contribution in [3.8, 4) is 0 Å². The van der Waals surface area contributed by atoms with E-state index in [1.807, 2.05) is 28.8 Å². The van der Waals surface area contributed by atoms with Gasteiger partial charge in [-0.2, -0.15) is 0 Å².